The van der Waals surface area contributed by atoms with Crippen molar-refractivity contribution in [3.8, 4) is 5.75 Å². The Hall–Kier alpha value is -2.37. The first kappa shape index (κ1) is 20.4. The van der Waals surface area contributed by atoms with Crippen molar-refractivity contribution in [1.82, 2.24) is 4.31 Å². The molecule has 1 aliphatic rings. The highest BCUT2D eigenvalue weighted by Crippen LogP contribution is 2.38. The normalized spacial score (nSPS) is 17.3. The van der Waals surface area contributed by atoms with Crippen LogP contribution in [0.25, 0.3) is 0 Å². The van der Waals surface area contributed by atoms with E-state index in [1.54, 1.807) is 6.07 Å². The second kappa shape index (κ2) is 7.22. The number of anilines is 2. The molecule has 1 heterocycles. The smallest absolute Gasteiger partial charge is 0.264 e. The van der Waals surface area contributed by atoms with Gasteiger partial charge in [0.2, 0.25) is 10.0 Å². The third-order valence-corrected chi connectivity index (χ3v) is 7.42. The van der Waals surface area contributed by atoms with Gasteiger partial charge < -0.3 is 10.5 Å². The lowest BCUT2D eigenvalue weighted by molar-refractivity contribution is 0.177. The number of sulfonamides is 2. The molecule has 11 heteroatoms. The highest BCUT2D eigenvalue weighted by molar-refractivity contribution is 7.92. The molecule has 1 unspecified atom stereocenters. The molecule has 0 aliphatic carbocycles. The zero-order valence-corrected chi connectivity index (χ0v) is 16.9. The molecule has 0 saturated heterocycles. The summed E-state index contributed by atoms with van der Waals surface area (Å²) in [5.41, 5.74) is 6.38. The van der Waals surface area contributed by atoms with Crippen molar-refractivity contribution >= 4 is 31.4 Å². The van der Waals surface area contributed by atoms with Crippen LogP contribution in [0.15, 0.2) is 47.4 Å². The molecule has 0 saturated carbocycles. The summed E-state index contributed by atoms with van der Waals surface area (Å²) in [5.74, 6) is -0.295. The molecule has 0 radical (unpaired) electrons. The van der Waals surface area contributed by atoms with Crippen LogP contribution in [0.1, 0.15) is 0 Å². The minimum atomic E-state index is -4.05. The van der Waals surface area contributed by atoms with Crippen molar-refractivity contribution in [3.63, 3.8) is 0 Å². The summed E-state index contributed by atoms with van der Waals surface area (Å²) in [6.45, 7) is -0.173. The first-order chi connectivity index (χ1) is 13.0. The highest BCUT2D eigenvalue weighted by Gasteiger charge is 2.36. The zero-order chi connectivity index (χ0) is 20.7. The Morgan fingerprint density at radius 2 is 1.82 bits per heavy atom. The minimum absolute atomic E-state index is 0.0436. The second-order valence-electron chi connectivity index (χ2n) is 6.50. The van der Waals surface area contributed by atoms with E-state index in [4.69, 9.17) is 10.5 Å². The van der Waals surface area contributed by atoms with Gasteiger partial charge in [0, 0.05) is 12.7 Å². The van der Waals surface area contributed by atoms with E-state index >= 15 is 0 Å². The molecule has 1 atom stereocenters. The number of hydrogen-bond acceptors (Lipinski definition) is 6. The van der Waals surface area contributed by atoms with Crippen molar-refractivity contribution < 1.29 is 26.0 Å². The highest BCUT2D eigenvalue weighted by atomic mass is 32.2. The molecule has 0 fully saturated rings. The summed E-state index contributed by atoms with van der Waals surface area (Å²) in [5, 5.41) is 0. The van der Waals surface area contributed by atoms with Crippen molar-refractivity contribution in [3.05, 3.63) is 48.3 Å². The van der Waals surface area contributed by atoms with Crippen molar-refractivity contribution in [2.75, 3.05) is 36.4 Å². The summed E-state index contributed by atoms with van der Waals surface area (Å²) >= 11 is 0. The van der Waals surface area contributed by atoms with E-state index in [2.05, 4.69) is 0 Å². The van der Waals surface area contributed by atoms with Crippen LogP contribution in [0, 0.1) is 5.82 Å². The van der Waals surface area contributed by atoms with Crippen LogP contribution < -0.4 is 14.8 Å². The van der Waals surface area contributed by atoms with Crippen molar-refractivity contribution in [2.45, 2.75) is 11.0 Å². The Labute approximate surface area is 163 Å². The Balaban J connectivity index is 2.03. The third kappa shape index (κ3) is 4.05. The maximum atomic E-state index is 13.2. The lowest BCUT2D eigenvalue weighted by Gasteiger charge is -2.36. The van der Waals surface area contributed by atoms with E-state index in [-0.39, 0.29) is 29.4 Å². The molecule has 3 rings (SSSR count). The molecule has 28 heavy (non-hydrogen) atoms. The standard InChI is InChI=1S/C17H20FN3O5S2/c1-20(27(2,22)23)10-14-11-21(16-9-13(19)5-8-17(16)26-14)28(24,25)15-6-3-12(18)4-7-15/h3-9,14H,10-11,19H2,1-2H3. The largest absolute Gasteiger partial charge is 0.485 e. The molecule has 0 spiro atoms. The van der Waals surface area contributed by atoms with Crippen LogP contribution >= 0.6 is 0 Å². The second-order valence-corrected chi connectivity index (χ2v) is 10.5. The van der Waals surface area contributed by atoms with E-state index < -0.39 is 32.0 Å². The van der Waals surface area contributed by atoms with Gasteiger partial charge in [0.15, 0.2) is 0 Å². The number of halogens is 1. The number of nitrogen functional groups attached to an aromatic ring is 1. The van der Waals surface area contributed by atoms with Crippen LogP contribution in [0.5, 0.6) is 5.75 Å². The first-order valence-corrected chi connectivity index (χ1v) is 11.5. The van der Waals surface area contributed by atoms with E-state index in [9.17, 15) is 21.2 Å². The number of ether oxygens (including phenoxy) is 1. The van der Waals surface area contributed by atoms with Gasteiger partial charge in [0.05, 0.1) is 29.9 Å². The molecule has 0 aromatic heterocycles. The minimum Gasteiger partial charge on any atom is -0.485 e. The molecule has 1 aliphatic heterocycles. The fraction of sp³-hybridized carbons (Fsp3) is 0.294. The van der Waals surface area contributed by atoms with Gasteiger partial charge in [-0.3, -0.25) is 4.31 Å². The average Bonchev–Trinajstić information content (AvgIpc) is 2.61. The van der Waals surface area contributed by atoms with Crippen LogP contribution in [0.4, 0.5) is 15.8 Å². The Morgan fingerprint density at radius 3 is 2.43 bits per heavy atom. The summed E-state index contributed by atoms with van der Waals surface area (Å²) in [6.07, 6.45) is 0.309. The predicted molar refractivity (Wildman–Crippen MR) is 104 cm³/mol. The Kier molecular flexibility index (Phi) is 5.26. The van der Waals surface area contributed by atoms with Gasteiger partial charge >= 0.3 is 0 Å². The van der Waals surface area contributed by atoms with Crippen molar-refractivity contribution in [1.29, 1.82) is 0 Å². The van der Waals surface area contributed by atoms with E-state index in [0.29, 0.717) is 5.69 Å². The molecule has 2 N–H and O–H groups in total. The summed E-state index contributed by atoms with van der Waals surface area (Å²) in [7, 11) is -6.14. The Bertz CT molecular complexity index is 1090. The maximum absolute atomic E-state index is 13.2. The van der Waals surface area contributed by atoms with Crippen LogP contribution in [-0.2, 0) is 20.0 Å². The molecular weight excluding hydrogens is 409 g/mol. The summed E-state index contributed by atoms with van der Waals surface area (Å²) in [6, 6.07) is 9.01. The zero-order valence-electron chi connectivity index (χ0n) is 15.2. The SMILES string of the molecule is CN(CC1CN(S(=O)(=O)c2ccc(F)cc2)c2cc(N)ccc2O1)S(C)(=O)=O. The van der Waals surface area contributed by atoms with Gasteiger partial charge in [-0.05, 0) is 42.5 Å². The first-order valence-electron chi connectivity index (χ1n) is 8.24. The fourth-order valence-corrected chi connectivity index (χ4v) is 4.74. The average molecular weight is 429 g/mol. The number of fused-ring (bicyclic) bond motifs is 1. The molecule has 0 amide bonds. The number of likely N-dealkylation sites (N-methyl/N-ethyl adjacent to an activating group) is 1. The lowest BCUT2D eigenvalue weighted by Crippen LogP contribution is -2.48. The van der Waals surface area contributed by atoms with Crippen LogP contribution in [0.3, 0.4) is 0 Å². The molecular formula is C17H20FN3O5S2. The molecule has 2 aromatic rings. The van der Waals surface area contributed by atoms with Crippen molar-refractivity contribution in [2.24, 2.45) is 0 Å². The lowest BCUT2D eigenvalue weighted by atomic mass is 10.2. The number of benzene rings is 2. The van der Waals surface area contributed by atoms with Gasteiger partial charge in [0.1, 0.15) is 17.7 Å². The molecule has 8 nitrogen and oxygen atoms in total. The van der Waals surface area contributed by atoms with Gasteiger partial charge in [-0.25, -0.2) is 25.5 Å². The number of hydrogen-bond donors (Lipinski definition) is 1. The third-order valence-electron chi connectivity index (χ3n) is 4.34. The van der Waals surface area contributed by atoms with Crippen LogP contribution in [0.2, 0.25) is 0 Å². The number of nitrogens with two attached hydrogens (primary N) is 1. The van der Waals surface area contributed by atoms with Crippen LogP contribution in [-0.4, -0.2) is 53.6 Å². The monoisotopic (exact) mass is 429 g/mol. The Morgan fingerprint density at radius 1 is 1.18 bits per heavy atom. The quantitative estimate of drug-likeness (QED) is 0.717. The summed E-state index contributed by atoms with van der Waals surface area (Å²) in [4.78, 5) is -0.0978. The molecule has 0 bridgehead atoms. The number of rotatable bonds is 5. The van der Waals surface area contributed by atoms with E-state index in [0.717, 1.165) is 27.0 Å². The van der Waals surface area contributed by atoms with Gasteiger partial charge in [-0.15, -0.1) is 0 Å². The predicted octanol–water partition coefficient (Wildman–Crippen LogP) is 1.26. The van der Waals surface area contributed by atoms with Gasteiger partial charge in [0.25, 0.3) is 10.0 Å². The topological polar surface area (TPSA) is 110 Å². The number of nitrogens with zero attached hydrogens (tertiary/aromatic N) is 2. The van der Waals surface area contributed by atoms with Gasteiger partial charge in [-0.1, -0.05) is 0 Å². The van der Waals surface area contributed by atoms with Gasteiger partial charge in [-0.2, -0.15) is 0 Å². The summed E-state index contributed by atoms with van der Waals surface area (Å²) < 4.78 is 71.0. The molecule has 2 aromatic carbocycles. The molecule has 152 valence electrons. The van der Waals surface area contributed by atoms with E-state index in [1.807, 2.05) is 0 Å². The maximum Gasteiger partial charge on any atom is 0.264 e. The van der Waals surface area contributed by atoms with E-state index in [1.165, 1.54) is 31.3 Å². The fourth-order valence-electron chi connectivity index (χ4n) is 2.81.